The molecule has 0 saturated heterocycles. The third-order valence-corrected chi connectivity index (χ3v) is 17.2. The molecule has 12 aromatic rings. The van der Waals surface area contributed by atoms with Gasteiger partial charge in [-0.05, 0) is 130 Å². The normalized spacial score (nSPS) is 14.2. The van der Waals surface area contributed by atoms with Gasteiger partial charge >= 0.3 is 0 Å². The zero-order valence-electron chi connectivity index (χ0n) is 35.2. The summed E-state index contributed by atoms with van der Waals surface area (Å²) in [5.41, 5.74) is 9.71. The van der Waals surface area contributed by atoms with E-state index in [0.29, 0.717) is 0 Å². The molecule has 14 rings (SSSR count). The van der Waals surface area contributed by atoms with Crippen LogP contribution in [0.3, 0.4) is 0 Å². The molecule has 12 aromatic carbocycles. The van der Waals surface area contributed by atoms with Crippen molar-refractivity contribution in [2.45, 2.75) is 6.17 Å². The van der Waals surface area contributed by atoms with E-state index in [2.05, 4.69) is 223 Å². The highest BCUT2D eigenvalue weighted by Gasteiger charge is 2.39. The molecule has 0 saturated carbocycles. The standard InChI is InChI=1S/C61H39N2OP/c64-65(49-24-19-38-9-1-3-12-41(38)32-49,50-25-20-39-10-2-4-13-42(39)33-50)51-26-29-53-48(34-51)18-17-47-31-45(22-27-52(47)53)46-23-30-57-59(37-46)63-58-36-44-15-6-5-14-43(44)35-56(58)55-28-21-40-11-7-8-16-54(40)60(55)61(63)62-57/h1-37,61-62H. The van der Waals surface area contributed by atoms with Crippen LogP contribution in [0.5, 0.6) is 0 Å². The molecule has 1 unspecified atom stereocenters. The fourth-order valence-electron chi connectivity index (χ4n) is 10.9. The van der Waals surface area contributed by atoms with Gasteiger partial charge in [0.15, 0.2) is 7.14 Å². The Morgan fingerprint density at radius 1 is 0.354 bits per heavy atom. The van der Waals surface area contributed by atoms with Crippen molar-refractivity contribution in [1.29, 1.82) is 0 Å². The smallest absolute Gasteiger partial charge is 0.171 e. The van der Waals surface area contributed by atoms with Gasteiger partial charge in [0.25, 0.3) is 0 Å². The number of hydrogen-bond acceptors (Lipinski definition) is 3. The molecule has 1 atom stereocenters. The van der Waals surface area contributed by atoms with Crippen molar-refractivity contribution < 1.29 is 4.57 Å². The molecule has 0 amide bonds. The van der Waals surface area contributed by atoms with E-state index >= 15 is 4.57 Å². The summed E-state index contributed by atoms with van der Waals surface area (Å²) in [4.78, 5) is 2.52. The van der Waals surface area contributed by atoms with Crippen LogP contribution >= 0.6 is 7.14 Å². The topological polar surface area (TPSA) is 32.3 Å². The van der Waals surface area contributed by atoms with Crippen molar-refractivity contribution in [2.24, 2.45) is 0 Å². The second-order valence-corrected chi connectivity index (χ2v) is 20.5. The third kappa shape index (κ3) is 5.46. The monoisotopic (exact) mass is 846 g/mol. The lowest BCUT2D eigenvalue weighted by Crippen LogP contribution is -2.28. The molecule has 0 aliphatic carbocycles. The van der Waals surface area contributed by atoms with Crippen LogP contribution in [0.15, 0.2) is 224 Å². The van der Waals surface area contributed by atoms with E-state index in [4.69, 9.17) is 0 Å². The van der Waals surface area contributed by atoms with E-state index in [9.17, 15) is 0 Å². The van der Waals surface area contributed by atoms with Crippen molar-refractivity contribution in [3.8, 4) is 22.3 Å². The van der Waals surface area contributed by atoms with Crippen LogP contribution in [0.1, 0.15) is 11.7 Å². The molecule has 0 bridgehead atoms. The SMILES string of the molecule is O=P(c1ccc2ccccc2c1)(c1ccc2ccccc2c1)c1ccc2c(ccc3cc(-c4ccc5c(c4)N4c6cc7ccccc7cc6-c6ccc7ccccc7c6C4N5)ccc32)c1. The van der Waals surface area contributed by atoms with Gasteiger partial charge in [0.1, 0.15) is 6.17 Å². The molecule has 0 aromatic heterocycles. The van der Waals surface area contributed by atoms with Crippen LogP contribution in [-0.2, 0) is 4.57 Å². The molecule has 2 aliphatic rings. The maximum Gasteiger partial charge on any atom is 0.171 e. The first-order valence-corrected chi connectivity index (χ1v) is 24.1. The lowest BCUT2D eigenvalue weighted by Gasteiger charge is -2.36. The van der Waals surface area contributed by atoms with Crippen LogP contribution in [0.2, 0.25) is 0 Å². The van der Waals surface area contributed by atoms with Gasteiger partial charge < -0.3 is 14.8 Å². The van der Waals surface area contributed by atoms with E-state index in [1.54, 1.807) is 0 Å². The average Bonchev–Trinajstić information content (AvgIpc) is 3.76. The largest absolute Gasteiger partial charge is 0.359 e. The molecule has 0 fully saturated rings. The van der Waals surface area contributed by atoms with Crippen LogP contribution in [0.25, 0.3) is 86.9 Å². The maximum absolute atomic E-state index is 16.0. The Morgan fingerprint density at radius 2 is 0.846 bits per heavy atom. The maximum atomic E-state index is 16.0. The summed E-state index contributed by atoms with van der Waals surface area (Å²) in [6.07, 6.45) is -0.0411. The third-order valence-electron chi connectivity index (χ3n) is 14.2. The highest BCUT2D eigenvalue weighted by molar-refractivity contribution is 7.85. The zero-order valence-corrected chi connectivity index (χ0v) is 36.1. The lowest BCUT2D eigenvalue weighted by atomic mass is 9.86. The van der Waals surface area contributed by atoms with E-state index < -0.39 is 7.14 Å². The van der Waals surface area contributed by atoms with Gasteiger partial charge in [0, 0.05) is 27.0 Å². The van der Waals surface area contributed by atoms with Crippen LogP contribution in [0, 0.1) is 0 Å². The number of hydrogen-bond donors (Lipinski definition) is 1. The Bertz CT molecular complexity index is 3980. The molecule has 2 heterocycles. The van der Waals surface area contributed by atoms with Gasteiger partial charge in [-0.1, -0.05) is 176 Å². The Kier molecular flexibility index (Phi) is 7.73. The van der Waals surface area contributed by atoms with Gasteiger partial charge in [0.05, 0.1) is 17.1 Å². The second kappa shape index (κ2) is 13.8. The van der Waals surface area contributed by atoms with Crippen molar-refractivity contribution in [2.75, 3.05) is 10.2 Å². The summed E-state index contributed by atoms with van der Waals surface area (Å²) in [7, 11) is -3.29. The average molecular weight is 847 g/mol. The molecular weight excluding hydrogens is 808 g/mol. The van der Waals surface area contributed by atoms with Gasteiger partial charge in [-0.2, -0.15) is 0 Å². The summed E-state index contributed by atoms with van der Waals surface area (Å²) in [5, 5.41) is 20.5. The van der Waals surface area contributed by atoms with Crippen molar-refractivity contribution in [1.82, 2.24) is 0 Å². The molecule has 304 valence electrons. The Balaban J connectivity index is 0.875. The molecular formula is C61H39N2OP. The number of rotatable bonds is 4. The number of fused-ring (bicyclic) bond motifs is 16. The second-order valence-electron chi connectivity index (χ2n) is 17.7. The summed E-state index contributed by atoms with van der Waals surface area (Å²) < 4.78 is 16.0. The van der Waals surface area contributed by atoms with Gasteiger partial charge in [-0.25, -0.2) is 0 Å². The van der Waals surface area contributed by atoms with Gasteiger partial charge in [-0.3, -0.25) is 0 Å². The van der Waals surface area contributed by atoms with Crippen LogP contribution < -0.4 is 26.1 Å². The lowest BCUT2D eigenvalue weighted by molar-refractivity contribution is 0.592. The quantitative estimate of drug-likeness (QED) is 0.141. The van der Waals surface area contributed by atoms with E-state index in [0.717, 1.165) is 53.9 Å². The Hall–Kier alpha value is -7.97. The first-order chi connectivity index (χ1) is 32.0. The molecule has 65 heavy (non-hydrogen) atoms. The highest BCUT2D eigenvalue weighted by Crippen LogP contribution is 2.57. The fourth-order valence-corrected chi connectivity index (χ4v) is 13.7. The highest BCUT2D eigenvalue weighted by atomic mass is 31.2. The first-order valence-electron chi connectivity index (χ1n) is 22.4. The van der Waals surface area contributed by atoms with E-state index in [1.807, 2.05) is 12.1 Å². The van der Waals surface area contributed by atoms with E-state index in [1.165, 1.54) is 71.5 Å². The number of nitrogens with zero attached hydrogens (tertiary/aromatic N) is 1. The van der Waals surface area contributed by atoms with Crippen LogP contribution in [-0.4, -0.2) is 0 Å². The van der Waals surface area contributed by atoms with Crippen molar-refractivity contribution in [3.05, 3.63) is 230 Å². The molecule has 0 spiro atoms. The molecule has 4 heteroatoms. The number of nitrogens with one attached hydrogen (secondary N) is 1. The number of anilines is 3. The molecule has 2 aliphatic heterocycles. The zero-order chi connectivity index (χ0) is 42.8. The van der Waals surface area contributed by atoms with Crippen molar-refractivity contribution in [3.63, 3.8) is 0 Å². The van der Waals surface area contributed by atoms with Crippen molar-refractivity contribution >= 4 is 105 Å². The molecule has 3 nitrogen and oxygen atoms in total. The minimum Gasteiger partial charge on any atom is -0.359 e. The van der Waals surface area contributed by atoms with Gasteiger partial charge in [0.2, 0.25) is 0 Å². The summed E-state index contributed by atoms with van der Waals surface area (Å²) in [5.74, 6) is 0. The fraction of sp³-hybridized carbons (Fsp3) is 0.0164. The minimum atomic E-state index is -3.29. The summed E-state index contributed by atoms with van der Waals surface area (Å²) in [6, 6.07) is 80.6. The van der Waals surface area contributed by atoms with Gasteiger partial charge in [-0.15, -0.1) is 0 Å². The Morgan fingerprint density at radius 3 is 1.54 bits per heavy atom. The minimum absolute atomic E-state index is 0.0411. The molecule has 0 radical (unpaired) electrons. The predicted octanol–water partition coefficient (Wildman–Crippen LogP) is 15.2. The van der Waals surface area contributed by atoms with Crippen LogP contribution in [0.4, 0.5) is 17.1 Å². The van der Waals surface area contributed by atoms with E-state index in [-0.39, 0.29) is 6.17 Å². The predicted molar refractivity (Wildman–Crippen MR) is 277 cm³/mol. The summed E-state index contributed by atoms with van der Waals surface area (Å²) >= 11 is 0. The number of benzene rings is 12. The Labute approximate surface area is 376 Å². The summed E-state index contributed by atoms with van der Waals surface area (Å²) in [6.45, 7) is 0. The molecule has 1 N–H and O–H groups in total. The first kappa shape index (κ1) is 36.5.